The van der Waals surface area contributed by atoms with Crippen LogP contribution in [0.3, 0.4) is 0 Å². The Morgan fingerprint density at radius 3 is 3.00 bits per heavy atom. The van der Waals surface area contributed by atoms with Gasteiger partial charge in [-0.25, -0.2) is 0 Å². The first kappa shape index (κ1) is 12.7. The van der Waals surface area contributed by atoms with Crippen LogP contribution >= 0.6 is 27.5 Å². The molecular weight excluding hydrogens is 302 g/mol. The van der Waals surface area contributed by atoms with Gasteiger partial charge in [-0.05, 0) is 24.1 Å². The van der Waals surface area contributed by atoms with Gasteiger partial charge in [-0.2, -0.15) is 0 Å². The highest BCUT2D eigenvalue weighted by Gasteiger charge is 2.11. The molecule has 2 rings (SSSR count). The topological polar surface area (TPSA) is 27.6 Å². The Kier molecular flexibility index (Phi) is 4.29. The van der Waals surface area contributed by atoms with Crippen LogP contribution in [0.25, 0.3) is 0 Å². The van der Waals surface area contributed by atoms with E-state index in [0.717, 1.165) is 47.1 Å². The fourth-order valence-corrected chi connectivity index (χ4v) is 2.52. The standard InChI is InChI=1S/C12H15BrClN3/c1-17-7-6-16-12(17)15-5-4-9-2-3-10(13)8-11(9)14/h2-3,8H,4-7H2,1H3,(H,15,16). The zero-order valence-electron chi connectivity index (χ0n) is 9.71. The third-order valence-corrected chi connectivity index (χ3v) is 3.60. The van der Waals surface area contributed by atoms with Crippen molar-refractivity contribution in [1.29, 1.82) is 0 Å². The summed E-state index contributed by atoms with van der Waals surface area (Å²) in [6.07, 6.45) is 0.902. The second kappa shape index (κ2) is 5.74. The van der Waals surface area contributed by atoms with Crippen LogP contribution in [0.15, 0.2) is 27.7 Å². The van der Waals surface area contributed by atoms with Gasteiger partial charge in [0.2, 0.25) is 0 Å². The smallest absolute Gasteiger partial charge is 0.193 e. The third-order valence-electron chi connectivity index (χ3n) is 2.75. The SMILES string of the molecule is CN1CCN=C1NCCc1ccc(Br)cc1Cl. The number of rotatable bonds is 3. The van der Waals surface area contributed by atoms with Crippen molar-refractivity contribution in [3.8, 4) is 0 Å². The molecule has 92 valence electrons. The summed E-state index contributed by atoms with van der Waals surface area (Å²) in [5, 5.41) is 4.14. The molecule has 0 bridgehead atoms. The van der Waals surface area contributed by atoms with Crippen molar-refractivity contribution < 1.29 is 0 Å². The minimum atomic E-state index is 0.808. The molecule has 0 aromatic heterocycles. The van der Waals surface area contributed by atoms with Crippen LogP contribution in [0.1, 0.15) is 5.56 Å². The second-order valence-corrected chi connectivity index (χ2v) is 5.36. The number of likely N-dealkylation sites (N-methyl/N-ethyl adjacent to an activating group) is 1. The van der Waals surface area contributed by atoms with Gasteiger partial charge in [-0.3, -0.25) is 4.99 Å². The number of halogens is 2. The Balaban J connectivity index is 1.86. The van der Waals surface area contributed by atoms with E-state index in [-0.39, 0.29) is 0 Å². The molecule has 1 aliphatic heterocycles. The molecule has 0 aliphatic carbocycles. The molecular formula is C12H15BrClN3. The van der Waals surface area contributed by atoms with Gasteiger partial charge in [-0.15, -0.1) is 0 Å². The van der Waals surface area contributed by atoms with E-state index < -0.39 is 0 Å². The molecule has 0 unspecified atom stereocenters. The van der Waals surface area contributed by atoms with Crippen molar-refractivity contribution in [2.45, 2.75) is 6.42 Å². The van der Waals surface area contributed by atoms with Gasteiger partial charge < -0.3 is 10.2 Å². The first-order chi connectivity index (χ1) is 8.16. The molecule has 0 radical (unpaired) electrons. The molecule has 17 heavy (non-hydrogen) atoms. The monoisotopic (exact) mass is 315 g/mol. The first-order valence-corrected chi connectivity index (χ1v) is 6.77. The van der Waals surface area contributed by atoms with E-state index in [4.69, 9.17) is 11.6 Å². The van der Waals surface area contributed by atoms with Gasteiger partial charge in [0.15, 0.2) is 5.96 Å². The van der Waals surface area contributed by atoms with Gasteiger partial charge in [0.1, 0.15) is 0 Å². The molecule has 1 heterocycles. The number of nitrogens with one attached hydrogen (secondary N) is 1. The lowest BCUT2D eigenvalue weighted by atomic mass is 10.1. The summed E-state index contributed by atoms with van der Waals surface area (Å²) in [5.74, 6) is 0.984. The van der Waals surface area contributed by atoms with Gasteiger partial charge >= 0.3 is 0 Å². The maximum atomic E-state index is 6.16. The average Bonchev–Trinajstić information content (AvgIpc) is 2.68. The Labute approximate surface area is 115 Å². The number of nitrogens with zero attached hydrogens (tertiary/aromatic N) is 2. The fraction of sp³-hybridized carbons (Fsp3) is 0.417. The van der Waals surface area contributed by atoms with Crippen molar-refractivity contribution in [2.24, 2.45) is 4.99 Å². The Morgan fingerprint density at radius 1 is 1.53 bits per heavy atom. The average molecular weight is 317 g/mol. The zero-order chi connectivity index (χ0) is 12.3. The van der Waals surface area contributed by atoms with Gasteiger partial charge in [0.05, 0.1) is 6.54 Å². The summed E-state index contributed by atoms with van der Waals surface area (Å²) in [7, 11) is 2.05. The zero-order valence-corrected chi connectivity index (χ0v) is 12.1. The molecule has 1 N–H and O–H groups in total. The van der Waals surface area contributed by atoms with Gasteiger partial charge in [0.25, 0.3) is 0 Å². The minimum Gasteiger partial charge on any atom is -0.356 e. The van der Waals surface area contributed by atoms with Crippen molar-refractivity contribution in [3.63, 3.8) is 0 Å². The van der Waals surface area contributed by atoms with Crippen LogP contribution in [0.4, 0.5) is 0 Å². The highest BCUT2D eigenvalue weighted by Crippen LogP contribution is 2.21. The summed E-state index contributed by atoms with van der Waals surface area (Å²) in [6, 6.07) is 5.99. The molecule has 0 amide bonds. The van der Waals surface area contributed by atoms with Crippen LogP contribution in [0.2, 0.25) is 5.02 Å². The molecule has 1 aliphatic rings. The van der Waals surface area contributed by atoms with Gasteiger partial charge in [-0.1, -0.05) is 33.6 Å². The molecule has 0 spiro atoms. The lowest BCUT2D eigenvalue weighted by molar-refractivity contribution is 0.534. The summed E-state index contributed by atoms with van der Waals surface area (Å²) in [4.78, 5) is 6.50. The van der Waals surface area contributed by atoms with Crippen LogP contribution in [-0.4, -0.2) is 37.5 Å². The molecule has 1 aromatic carbocycles. The van der Waals surface area contributed by atoms with Crippen molar-refractivity contribution in [3.05, 3.63) is 33.3 Å². The van der Waals surface area contributed by atoms with E-state index in [1.165, 1.54) is 0 Å². The second-order valence-electron chi connectivity index (χ2n) is 4.04. The fourth-order valence-electron chi connectivity index (χ4n) is 1.76. The molecule has 0 fully saturated rings. The van der Waals surface area contributed by atoms with E-state index in [2.05, 4.69) is 31.1 Å². The molecule has 1 aromatic rings. The van der Waals surface area contributed by atoms with Crippen LogP contribution < -0.4 is 5.32 Å². The van der Waals surface area contributed by atoms with Crippen LogP contribution in [-0.2, 0) is 6.42 Å². The van der Waals surface area contributed by atoms with Crippen molar-refractivity contribution >= 4 is 33.5 Å². The summed E-state index contributed by atoms with van der Waals surface area (Å²) < 4.78 is 1.01. The molecule has 5 heteroatoms. The number of aliphatic imine (C=N–C) groups is 1. The van der Waals surface area contributed by atoms with E-state index in [1.54, 1.807) is 0 Å². The van der Waals surface area contributed by atoms with Crippen LogP contribution in [0.5, 0.6) is 0 Å². The number of hydrogen-bond acceptors (Lipinski definition) is 3. The highest BCUT2D eigenvalue weighted by molar-refractivity contribution is 9.10. The van der Waals surface area contributed by atoms with Crippen molar-refractivity contribution in [1.82, 2.24) is 10.2 Å². The maximum absolute atomic E-state index is 6.16. The van der Waals surface area contributed by atoms with E-state index in [9.17, 15) is 0 Å². The largest absolute Gasteiger partial charge is 0.356 e. The first-order valence-electron chi connectivity index (χ1n) is 5.60. The Hall–Kier alpha value is -0.740. The summed E-state index contributed by atoms with van der Waals surface area (Å²) >= 11 is 9.56. The summed E-state index contributed by atoms with van der Waals surface area (Å²) in [6.45, 7) is 2.74. The van der Waals surface area contributed by atoms with Crippen LogP contribution in [0, 0.1) is 0 Å². The molecule has 0 saturated carbocycles. The summed E-state index contributed by atoms with van der Waals surface area (Å²) in [5.41, 5.74) is 1.16. The molecule has 0 saturated heterocycles. The number of hydrogen-bond donors (Lipinski definition) is 1. The Morgan fingerprint density at radius 2 is 2.35 bits per heavy atom. The quantitative estimate of drug-likeness (QED) is 0.928. The maximum Gasteiger partial charge on any atom is 0.193 e. The predicted molar refractivity (Wildman–Crippen MR) is 75.8 cm³/mol. The molecule has 3 nitrogen and oxygen atoms in total. The molecule has 0 atom stereocenters. The Bertz CT molecular complexity index is 434. The van der Waals surface area contributed by atoms with Crippen molar-refractivity contribution in [2.75, 3.05) is 26.7 Å². The number of guanidine groups is 1. The minimum absolute atomic E-state index is 0.808. The van der Waals surface area contributed by atoms with E-state index in [1.807, 2.05) is 25.2 Å². The van der Waals surface area contributed by atoms with E-state index in [0.29, 0.717) is 0 Å². The van der Waals surface area contributed by atoms with Gasteiger partial charge in [0, 0.05) is 29.6 Å². The third kappa shape index (κ3) is 3.36. The van der Waals surface area contributed by atoms with E-state index >= 15 is 0 Å². The highest BCUT2D eigenvalue weighted by atomic mass is 79.9. The lowest BCUT2D eigenvalue weighted by Crippen LogP contribution is -2.36. The number of benzene rings is 1. The predicted octanol–water partition coefficient (Wildman–Crippen LogP) is 2.54. The normalized spacial score (nSPS) is 15.0. The lowest BCUT2D eigenvalue weighted by Gasteiger charge is -2.15.